The molecule has 0 atom stereocenters. The summed E-state index contributed by atoms with van der Waals surface area (Å²) in [5.74, 6) is -0.307. The van der Waals surface area contributed by atoms with Crippen LogP contribution >= 0.6 is 0 Å². The van der Waals surface area contributed by atoms with Crippen molar-refractivity contribution in [2.45, 2.75) is 26.4 Å². The molecule has 3 nitrogen and oxygen atoms in total. The van der Waals surface area contributed by atoms with Crippen LogP contribution < -0.4 is 0 Å². The van der Waals surface area contributed by atoms with Crippen LogP contribution in [-0.2, 0) is 16.1 Å². The Balaban J connectivity index is 2.42. The van der Waals surface area contributed by atoms with Crippen molar-refractivity contribution < 1.29 is 14.3 Å². The Kier molecular flexibility index (Phi) is 5.57. The highest BCUT2D eigenvalue weighted by molar-refractivity contribution is 5.89. The largest absolute Gasteiger partial charge is 0.465 e. The second-order valence-corrected chi connectivity index (χ2v) is 3.59. The van der Waals surface area contributed by atoms with E-state index in [4.69, 9.17) is 4.74 Å². The van der Waals surface area contributed by atoms with Gasteiger partial charge in [-0.05, 0) is 24.1 Å². The molecule has 0 saturated carbocycles. The molecule has 1 aromatic rings. The van der Waals surface area contributed by atoms with Gasteiger partial charge in [0.2, 0.25) is 0 Å². The van der Waals surface area contributed by atoms with Crippen molar-refractivity contribution in [2.75, 3.05) is 13.7 Å². The fourth-order valence-corrected chi connectivity index (χ4v) is 1.29. The molecule has 1 aromatic carbocycles. The van der Waals surface area contributed by atoms with Crippen molar-refractivity contribution >= 4 is 5.97 Å². The van der Waals surface area contributed by atoms with E-state index in [-0.39, 0.29) is 5.97 Å². The number of benzene rings is 1. The second-order valence-electron chi connectivity index (χ2n) is 3.59. The Bertz CT molecular complexity index is 316. The van der Waals surface area contributed by atoms with Gasteiger partial charge >= 0.3 is 5.97 Å². The quantitative estimate of drug-likeness (QED) is 0.548. The Morgan fingerprint density at radius 3 is 2.50 bits per heavy atom. The molecular weight excluding hydrogens is 204 g/mol. The zero-order chi connectivity index (χ0) is 11.8. The summed E-state index contributed by atoms with van der Waals surface area (Å²) in [6, 6.07) is 7.28. The van der Waals surface area contributed by atoms with E-state index in [1.165, 1.54) is 7.11 Å². The molecule has 0 fully saturated rings. The van der Waals surface area contributed by atoms with Crippen LogP contribution in [0.4, 0.5) is 0 Å². The highest BCUT2D eigenvalue weighted by Crippen LogP contribution is 2.07. The lowest BCUT2D eigenvalue weighted by Crippen LogP contribution is -2.01. The van der Waals surface area contributed by atoms with Crippen LogP contribution in [0.2, 0.25) is 0 Å². The Morgan fingerprint density at radius 2 is 1.94 bits per heavy atom. The van der Waals surface area contributed by atoms with E-state index in [0.717, 1.165) is 25.0 Å². The van der Waals surface area contributed by atoms with E-state index in [0.29, 0.717) is 12.2 Å². The number of carbonyl (C=O) groups excluding carboxylic acids is 1. The number of ether oxygens (including phenoxy) is 2. The highest BCUT2D eigenvalue weighted by Gasteiger charge is 2.03. The van der Waals surface area contributed by atoms with Gasteiger partial charge in [-0.3, -0.25) is 0 Å². The van der Waals surface area contributed by atoms with Gasteiger partial charge in [-0.2, -0.15) is 0 Å². The molecule has 0 bridgehead atoms. The molecule has 0 radical (unpaired) electrons. The van der Waals surface area contributed by atoms with Gasteiger partial charge in [0.15, 0.2) is 0 Å². The molecule has 1 rings (SSSR count). The lowest BCUT2D eigenvalue weighted by atomic mass is 10.1. The minimum Gasteiger partial charge on any atom is -0.465 e. The summed E-state index contributed by atoms with van der Waals surface area (Å²) in [6.07, 6.45) is 2.22. The molecule has 0 aromatic heterocycles. The van der Waals surface area contributed by atoms with Crippen molar-refractivity contribution in [3.63, 3.8) is 0 Å². The van der Waals surface area contributed by atoms with Gasteiger partial charge in [-0.15, -0.1) is 0 Å². The molecule has 3 heteroatoms. The molecule has 0 aliphatic heterocycles. The summed E-state index contributed by atoms with van der Waals surface area (Å²) < 4.78 is 10.1. The monoisotopic (exact) mass is 222 g/mol. The van der Waals surface area contributed by atoms with Crippen LogP contribution in [0, 0.1) is 0 Å². The number of rotatable bonds is 6. The molecule has 0 N–H and O–H groups in total. The first-order valence-corrected chi connectivity index (χ1v) is 5.53. The van der Waals surface area contributed by atoms with Gasteiger partial charge in [0.1, 0.15) is 0 Å². The van der Waals surface area contributed by atoms with Crippen LogP contribution in [0.15, 0.2) is 24.3 Å². The maximum atomic E-state index is 11.2. The fourth-order valence-electron chi connectivity index (χ4n) is 1.29. The third kappa shape index (κ3) is 4.03. The predicted molar refractivity (Wildman–Crippen MR) is 62.3 cm³/mol. The second kappa shape index (κ2) is 7.01. The Morgan fingerprint density at radius 1 is 1.25 bits per heavy atom. The Labute approximate surface area is 96.4 Å². The molecule has 0 amide bonds. The summed E-state index contributed by atoms with van der Waals surface area (Å²) in [7, 11) is 1.38. The maximum absolute atomic E-state index is 11.2. The molecule has 0 aliphatic rings. The van der Waals surface area contributed by atoms with Crippen LogP contribution in [-0.4, -0.2) is 19.7 Å². The van der Waals surface area contributed by atoms with E-state index in [1.807, 2.05) is 12.1 Å². The van der Waals surface area contributed by atoms with Crippen LogP contribution in [0.25, 0.3) is 0 Å². The first-order valence-electron chi connectivity index (χ1n) is 5.53. The molecule has 0 saturated heterocycles. The first-order chi connectivity index (χ1) is 7.77. The summed E-state index contributed by atoms with van der Waals surface area (Å²) in [5.41, 5.74) is 1.64. The third-order valence-electron chi connectivity index (χ3n) is 2.29. The molecule has 0 spiro atoms. The van der Waals surface area contributed by atoms with E-state index < -0.39 is 0 Å². The minimum absolute atomic E-state index is 0.307. The first kappa shape index (κ1) is 12.7. The number of hydrogen-bond donors (Lipinski definition) is 0. The van der Waals surface area contributed by atoms with Gasteiger partial charge in [0.05, 0.1) is 19.3 Å². The average Bonchev–Trinajstić information content (AvgIpc) is 2.34. The maximum Gasteiger partial charge on any atom is 0.337 e. The van der Waals surface area contributed by atoms with Crippen molar-refractivity contribution in [3.8, 4) is 0 Å². The summed E-state index contributed by atoms with van der Waals surface area (Å²) in [4.78, 5) is 11.2. The van der Waals surface area contributed by atoms with Crippen molar-refractivity contribution in [1.82, 2.24) is 0 Å². The number of carbonyl (C=O) groups is 1. The van der Waals surface area contributed by atoms with E-state index in [1.54, 1.807) is 12.1 Å². The van der Waals surface area contributed by atoms with E-state index in [2.05, 4.69) is 11.7 Å². The standard InChI is InChI=1S/C13H18O3/c1-3-4-9-16-10-11-5-7-12(8-6-11)13(14)15-2/h5-8H,3-4,9-10H2,1-2H3. The lowest BCUT2D eigenvalue weighted by Gasteiger charge is -2.04. The predicted octanol–water partition coefficient (Wildman–Crippen LogP) is 2.79. The minimum atomic E-state index is -0.307. The number of methoxy groups -OCH3 is 1. The van der Waals surface area contributed by atoms with E-state index >= 15 is 0 Å². The molecule has 16 heavy (non-hydrogen) atoms. The van der Waals surface area contributed by atoms with Crippen molar-refractivity contribution in [1.29, 1.82) is 0 Å². The van der Waals surface area contributed by atoms with Crippen LogP contribution in [0.5, 0.6) is 0 Å². The van der Waals surface area contributed by atoms with Gasteiger partial charge in [-0.1, -0.05) is 25.5 Å². The number of esters is 1. The molecule has 0 heterocycles. The summed E-state index contributed by atoms with van der Waals surface area (Å²) >= 11 is 0. The normalized spacial score (nSPS) is 10.1. The SMILES string of the molecule is CCCCOCc1ccc(C(=O)OC)cc1. The molecule has 0 unspecified atom stereocenters. The van der Waals surface area contributed by atoms with Gasteiger partial charge in [-0.25, -0.2) is 4.79 Å². The van der Waals surface area contributed by atoms with Crippen molar-refractivity contribution in [3.05, 3.63) is 35.4 Å². The Hall–Kier alpha value is -1.35. The third-order valence-corrected chi connectivity index (χ3v) is 2.29. The van der Waals surface area contributed by atoms with Crippen molar-refractivity contribution in [2.24, 2.45) is 0 Å². The highest BCUT2D eigenvalue weighted by atomic mass is 16.5. The topological polar surface area (TPSA) is 35.5 Å². The average molecular weight is 222 g/mol. The van der Waals surface area contributed by atoms with Crippen LogP contribution in [0.3, 0.4) is 0 Å². The van der Waals surface area contributed by atoms with Crippen LogP contribution in [0.1, 0.15) is 35.7 Å². The zero-order valence-corrected chi connectivity index (χ0v) is 9.86. The van der Waals surface area contributed by atoms with Gasteiger partial charge in [0, 0.05) is 6.61 Å². The summed E-state index contributed by atoms with van der Waals surface area (Å²) in [6.45, 7) is 3.52. The fraction of sp³-hybridized carbons (Fsp3) is 0.462. The van der Waals surface area contributed by atoms with Gasteiger partial charge in [0.25, 0.3) is 0 Å². The molecule has 88 valence electrons. The lowest BCUT2D eigenvalue weighted by molar-refractivity contribution is 0.0600. The number of unbranched alkanes of at least 4 members (excludes halogenated alkanes) is 1. The van der Waals surface area contributed by atoms with E-state index in [9.17, 15) is 4.79 Å². The molecular formula is C13H18O3. The number of hydrogen-bond acceptors (Lipinski definition) is 3. The smallest absolute Gasteiger partial charge is 0.337 e. The van der Waals surface area contributed by atoms with Gasteiger partial charge < -0.3 is 9.47 Å². The summed E-state index contributed by atoms with van der Waals surface area (Å²) in [5, 5.41) is 0. The zero-order valence-electron chi connectivity index (χ0n) is 9.86. The molecule has 0 aliphatic carbocycles.